The number of urea groups is 1. The molecule has 3 amide bonds. The van der Waals surface area contributed by atoms with Gasteiger partial charge in [0.2, 0.25) is 0 Å². The van der Waals surface area contributed by atoms with E-state index < -0.39 is 9.33 Å². The number of carbonyl (C=O) groups is 2. The summed E-state index contributed by atoms with van der Waals surface area (Å²) in [6, 6.07) is 16.9. The van der Waals surface area contributed by atoms with Crippen molar-refractivity contribution in [3.63, 3.8) is 0 Å². The zero-order valence-corrected chi connectivity index (χ0v) is 15.2. The van der Waals surface area contributed by atoms with Gasteiger partial charge >= 0.3 is 15.4 Å². The quantitative estimate of drug-likeness (QED) is 0.613. The fraction of sp³-hybridized carbons (Fsp3) is 0.176. The highest BCUT2D eigenvalue weighted by Crippen LogP contribution is 2.22. The fourth-order valence-electron chi connectivity index (χ4n) is 2.47. The van der Waals surface area contributed by atoms with Crippen molar-refractivity contribution in [3.8, 4) is 0 Å². The number of halogens is 1. The van der Waals surface area contributed by atoms with Crippen molar-refractivity contribution in [2.24, 2.45) is 0 Å². The second kappa shape index (κ2) is 8.79. The number of amides is 3. The van der Waals surface area contributed by atoms with Crippen LogP contribution in [0.2, 0.25) is 0 Å². The molecule has 0 spiro atoms. The standard InChI is InChI=1S/C17H16N2O2.ClHO3S/c20-16-15-9-5-4-8-14(15)12-19(16)17(21)18-11-10-13-6-2-1-3-7-13;1-5(2,3)4/h1-9H,10-12H2,(H,18,21);(H,2,3,4). The number of benzene rings is 2. The number of fused-ring (bicyclic) bond motifs is 1. The van der Waals surface area contributed by atoms with Crippen LogP contribution in [0, 0.1) is 0 Å². The average molecular weight is 397 g/mol. The SMILES string of the molecule is O=C(NCCc1ccccc1)N1Cc2ccccc2C1=O.O=S(=O)(O)Cl. The van der Waals surface area contributed by atoms with Crippen molar-refractivity contribution >= 4 is 32.0 Å². The van der Waals surface area contributed by atoms with E-state index in [2.05, 4.69) is 16.0 Å². The molecule has 7 nitrogen and oxygen atoms in total. The summed E-state index contributed by atoms with van der Waals surface area (Å²) in [5, 5.41) is 2.80. The van der Waals surface area contributed by atoms with Gasteiger partial charge in [-0.1, -0.05) is 48.5 Å². The Bertz CT molecular complexity index is 879. The highest BCUT2D eigenvalue weighted by Gasteiger charge is 2.31. The third-order valence-corrected chi connectivity index (χ3v) is 3.60. The minimum atomic E-state index is -4.19. The lowest BCUT2D eigenvalue weighted by molar-refractivity contribution is 0.0821. The molecule has 26 heavy (non-hydrogen) atoms. The van der Waals surface area contributed by atoms with Gasteiger partial charge in [0.25, 0.3) is 5.91 Å². The summed E-state index contributed by atoms with van der Waals surface area (Å²) in [5.74, 6) is -0.220. The monoisotopic (exact) mass is 396 g/mol. The molecule has 0 aliphatic carbocycles. The van der Waals surface area contributed by atoms with E-state index >= 15 is 0 Å². The number of imide groups is 1. The molecule has 0 fully saturated rings. The predicted molar refractivity (Wildman–Crippen MR) is 97.3 cm³/mol. The Hall–Kier alpha value is -2.42. The number of nitrogens with zero attached hydrogens (tertiary/aromatic N) is 1. The van der Waals surface area contributed by atoms with Crippen LogP contribution < -0.4 is 5.32 Å². The van der Waals surface area contributed by atoms with Crippen LogP contribution in [0.15, 0.2) is 54.6 Å². The van der Waals surface area contributed by atoms with Gasteiger partial charge in [-0.15, -0.1) is 0 Å². The van der Waals surface area contributed by atoms with Crippen LogP contribution in [-0.2, 0) is 22.3 Å². The van der Waals surface area contributed by atoms with E-state index in [9.17, 15) is 9.59 Å². The first-order valence-corrected chi connectivity index (χ1v) is 9.91. The van der Waals surface area contributed by atoms with Crippen LogP contribution >= 0.6 is 10.7 Å². The maximum Gasteiger partial charge on any atom is 0.353 e. The Labute approximate surface area is 155 Å². The number of hydrogen-bond acceptors (Lipinski definition) is 4. The first-order chi connectivity index (χ1) is 12.3. The number of carbonyl (C=O) groups excluding carboxylic acids is 2. The van der Waals surface area contributed by atoms with Crippen molar-refractivity contribution in [2.75, 3.05) is 6.54 Å². The Morgan fingerprint density at radius 3 is 2.31 bits per heavy atom. The highest BCUT2D eigenvalue weighted by atomic mass is 35.7. The average Bonchev–Trinajstić information content (AvgIpc) is 2.92. The Morgan fingerprint density at radius 2 is 1.69 bits per heavy atom. The molecule has 0 saturated heterocycles. The molecule has 2 aromatic carbocycles. The lowest BCUT2D eigenvalue weighted by atomic mass is 10.1. The minimum absolute atomic E-state index is 0.220. The molecule has 138 valence electrons. The number of hydrogen-bond donors (Lipinski definition) is 2. The van der Waals surface area contributed by atoms with Crippen molar-refractivity contribution in [3.05, 3.63) is 71.3 Å². The van der Waals surface area contributed by atoms with Crippen LogP contribution in [0.3, 0.4) is 0 Å². The maximum absolute atomic E-state index is 12.1. The minimum Gasteiger partial charge on any atom is -0.337 e. The Morgan fingerprint density at radius 1 is 1.12 bits per heavy atom. The first kappa shape index (κ1) is 19.9. The fourth-order valence-corrected chi connectivity index (χ4v) is 2.47. The molecular formula is C17H17ClN2O5S. The molecule has 1 aliphatic rings. The van der Waals surface area contributed by atoms with Gasteiger partial charge in [0.1, 0.15) is 0 Å². The Kier molecular flexibility index (Phi) is 6.73. The van der Waals surface area contributed by atoms with E-state index in [4.69, 9.17) is 13.0 Å². The van der Waals surface area contributed by atoms with Crippen molar-refractivity contribution in [1.82, 2.24) is 10.2 Å². The van der Waals surface area contributed by atoms with Gasteiger partial charge in [0.05, 0.1) is 6.54 Å². The molecule has 0 atom stereocenters. The zero-order chi connectivity index (χ0) is 19.2. The van der Waals surface area contributed by atoms with Crippen molar-refractivity contribution < 1.29 is 22.6 Å². The molecule has 2 aromatic rings. The van der Waals surface area contributed by atoms with Crippen LogP contribution in [0.25, 0.3) is 0 Å². The summed E-state index contributed by atoms with van der Waals surface area (Å²) >= 11 is 0. The molecule has 0 unspecified atom stereocenters. The van der Waals surface area contributed by atoms with Gasteiger partial charge in [0, 0.05) is 22.8 Å². The highest BCUT2D eigenvalue weighted by molar-refractivity contribution is 8.09. The molecule has 0 bridgehead atoms. The number of nitrogens with one attached hydrogen (secondary N) is 1. The first-order valence-electron chi connectivity index (χ1n) is 7.64. The summed E-state index contributed by atoms with van der Waals surface area (Å²) in [6.45, 7) is 0.870. The molecule has 1 aliphatic heterocycles. The summed E-state index contributed by atoms with van der Waals surface area (Å²) < 4.78 is 25.2. The van der Waals surface area contributed by atoms with Crippen molar-refractivity contribution in [2.45, 2.75) is 13.0 Å². The molecule has 2 N–H and O–H groups in total. The molecule has 3 rings (SSSR count). The normalized spacial score (nSPS) is 12.8. The third kappa shape index (κ3) is 6.14. The van der Waals surface area contributed by atoms with Crippen LogP contribution in [0.5, 0.6) is 0 Å². The summed E-state index contributed by atoms with van der Waals surface area (Å²) in [7, 11) is -0.137. The second-order valence-corrected chi connectivity index (χ2v) is 7.42. The topological polar surface area (TPSA) is 104 Å². The van der Waals surface area contributed by atoms with E-state index in [1.165, 1.54) is 4.90 Å². The van der Waals surface area contributed by atoms with E-state index in [0.717, 1.165) is 17.5 Å². The summed E-state index contributed by atoms with van der Waals surface area (Å²) in [6.07, 6.45) is 0.752. The van der Waals surface area contributed by atoms with E-state index in [1.54, 1.807) is 6.07 Å². The van der Waals surface area contributed by atoms with Crippen LogP contribution in [0.4, 0.5) is 4.79 Å². The van der Waals surface area contributed by atoms with Gasteiger partial charge < -0.3 is 5.32 Å². The second-order valence-electron chi connectivity index (χ2n) is 5.43. The number of rotatable bonds is 3. The largest absolute Gasteiger partial charge is 0.353 e. The van der Waals surface area contributed by atoms with Gasteiger partial charge in [-0.2, -0.15) is 8.42 Å². The third-order valence-electron chi connectivity index (χ3n) is 3.60. The van der Waals surface area contributed by atoms with Gasteiger partial charge in [-0.3, -0.25) is 14.2 Å². The van der Waals surface area contributed by atoms with Crippen LogP contribution in [0.1, 0.15) is 21.5 Å². The zero-order valence-electron chi connectivity index (χ0n) is 13.6. The molecule has 9 heteroatoms. The lowest BCUT2D eigenvalue weighted by Gasteiger charge is -2.14. The molecule has 0 aromatic heterocycles. The van der Waals surface area contributed by atoms with Gasteiger partial charge in [-0.05, 0) is 23.6 Å². The molecule has 0 radical (unpaired) electrons. The molecule has 0 saturated carbocycles. The van der Waals surface area contributed by atoms with E-state index in [1.807, 2.05) is 48.5 Å². The smallest absolute Gasteiger partial charge is 0.337 e. The van der Waals surface area contributed by atoms with E-state index in [0.29, 0.717) is 18.7 Å². The lowest BCUT2D eigenvalue weighted by Crippen LogP contribution is -2.40. The van der Waals surface area contributed by atoms with Crippen molar-refractivity contribution in [1.29, 1.82) is 0 Å². The van der Waals surface area contributed by atoms with Gasteiger partial charge in [-0.25, -0.2) is 4.79 Å². The summed E-state index contributed by atoms with van der Waals surface area (Å²) in [4.78, 5) is 25.5. The van der Waals surface area contributed by atoms with E-state index in [-0.39, 0.29) is 11.9 Å². The summed E-state index contributed by atoms with van der Waals surface area (Å²) in [5.41, 5.74) is 2.69. The van der Waals surface area contributed by atoms with Gasteiger partial charge in [0.15, 0.2) is 0 Å². The van der Waals surface area contributed by atoms with Crippen LogP contribution in [-0.4, -0.2) is 36.4 Å². The molecule has 1 heterocycles. The Balaban J connectivity index is 0.000000431. The molecular weight excluding hydrogens is 380 g/mol. The maximum atomic E-state index is 12.1. The predicted octanol–water partition coefficient (Wildman–Crippen LogP) is 2.62.